The van der Waals surface area contributed by atoms with Gasteiger partial charge in [0.25, 0.3) is 5.91 Å². The number of esters is 1. The normalized spacial score (nSPS) is 9.96. The molecule has 0 unspecified atom stereocenters. The number of imide groups is 1. The molecule has 0 aliphatic rings. The Labute approximate surface area is 141 Å². The average Bonchev–Trinajstić information content (AvgIpc) is 2.54. The summed E-state index contributed by atoms with van der Waals surface area (Å²) in [4.78, 5) is 35.2. The molecule has 0 atom stereocenters. The summed E-state index contributed by atoms with van der Waals surface area (Å²) in [6.07, 6.45) is 0.0881. The van der Waals surface area contributed by atoms with Gasteiger partial charge in [-0.3, -0.25) is 14.9 Å². The van der Waals surface area contributed by atoms with Gasteiger partial charge in [0.2, 0.25) is 5.91 Å². The van der Waals surface area contributed by atoms with E-state index in [-0.39, 0.29) is 6.42 Å². The van der Waals surface area contributed by atoms with Crippen molar-refractivity contribution < 1.29 is 19.1 Å². The van der Waals surface area contributed by atoms with Crippen molar-refractivity contribution in [2.24, 2.45) is 0 Å². The number of carbonyl (C=O) groups excluding carboxylic acids is 3. The summed E-state index contributed by atoms with van der Waals surface area (Å²) in [5.74, 6) is -1.74. The van der Waals surface area contributed by atoms with Crippen LogP contribution in [0.3, 0.4) is 0 Å². The van der Waals surface area contributed by atoms with Crippen LogP contribution in [0.5, 0.6) is 0 Å². The number of rotatable bonds is 5. The van der Waals surface area contributed by atoms with Gasteiger partial charge in [0.05, 0.1) is 12.0 Å². The molecule has 0 bridgehead atoms. The Bertz CT molecular complexity index is 716. The van der Waals surface area contributed by atoms with Crippen molar-refractivity contribution >= 4 is 33.7 Å². The highest BCUT2D eigenvalue weighted by Crippen LogP contribution is 2.16. The van der Waals surface area contributed by atoms with Crippen molar-refractivity contribution in [3.63, 3.8) is 0 Å². The van der Waals surface area contributed by atoms with Crippen LogP contribution in [0.4, 0.5) is 0 Å². The third kappa shape index (κ3) is 5.34. The molecule has 0 aromatic heterocycles. The molecular weight excluding hydrogens is 362 g/mol. The minimum Gasteiger partial charge on any atom is -0.452 e. The highest BCUT2D eigenvalue weighted by Gasteiger charge is 2.14. The minimum absolute atomic E-state index is 0.0881. The van der Waals surface area contributed by atoms with E-state index in [1.165, 1.54) is 0 Å². The maximum atomic E-state index is 11.8. The number of amides is 2. The molecule has 0 saturated carbocycles. The van der Waals surface area contributed by atoms with E-state index in [9.17, 15) is 14.4 Å². The third-order valence-corrected chi connectivity index (χ3v) is 3.61. The molecule has 0 radical (unpaired) electrons. The van der Waals surface area contributed by atoms with Crippen molar-refractivity contribution in [3.8, 4) is 0 Å². The lowest BCUT2D eigenvalue weighted by atomic mass is 10.1. The molecule has 0 fully saturated rings. The SMILES string of the molecule is O=C(COC(=O)c1ccccc1Br)NC(=O)Cc1ccccc1. The van der Waals surface area contributed by atoms with Crippen molar-refractivity contribution in [3.05, 3.63) is 70.2 Å². The average molecular weight is 376 g/mol. The van der Waals surface area contributed by atoms with Gasteiger partial charge < -0.3 is 4.74 Å². The maximum Gasteiger partial charge on any atom is 0.339 e. The van der Waals surface area contributed by atoms with E-state index in [0.29, 0.717) is 10.0 Å². The van der Waals surface area contributed by atoms with Crippen LogP contribution < -0.4 is 5.32 Å². The zero-order chi connectivity index (χ0) is 16.7. The zero-order valence-electron chi connectivity index (χ0n) is 12.1. The fraction of sp³-hybridized carbons (Fsp3) is 0.118. The van der Waals surface area contributed by atoms with E-state index in [1.54, 1.807) is 36.4 Å². The van der Waals surface area contributed by atoms with E-state index >= 15 is 0 Å². The number of hydrogen-bond acceptors (Lipinski definition) is 4. The van der Waals surface area contributed by atoms with Gasteiger partial charge in [-0.1, -0.05) is 42.5 Å². The predicted octanol–water partition coefficient (Wildman–Crippen LogP) is 2.49. The topological polar surface area (TPSA) is 72.5 Å². The lowest BCUT2D eigenvalue weighted by Crippen LogP contribution is -2.35. The smallest absolute Gasteiger partial charge is 0.339 e. The fourth-order valence-electron chi connectivity index (χ4n) is 1.85. The Morgan fingerprint density at radius 2 is 1.57 bits per heavy atom. The Balaban J connectivity index is 1.80. The number of nitrogens with one attached hydrogen (secondary N) is 1. The number of benzene rings is 2. The van der Waals surface area contributed by atoms with Crippen LogP contribution >= 0.6 is 15.9 Å². The van der Waals surface area contributed by atoms with E-state index in [1.807, 2.05) is 18.2 Å². The number of carbonyl (C=O) groups is 3. The van der Waals surface area contributed by atoms with Crippen LogP contribution in [0, 0.1) is 0 Å². The quantitative estimate of drug-likeness (QED) is 0.814. The van der Waals surface area contributed by atoms with E-state index in [2.05, 4.69) is 21.2 Å². The molecule has 0 aliphatic carbocycles. The van der Waals surface area contributed by atoms with Gasteiger partial charge >= 0.3 is 5.97 Å². The van der Waals surface area contributed by atoms with E-state index < -0.39 is 24.4 Å². The molecule has 0 spiro atoms. The van der Waals surface area contributed by atoms with Gasteiger partial charge in [-0.2, -0.15) is 0 Å². The molecule has 2 aromatic carbocycles. The molecule has 6 heteroatoms. The maximum absolute atomic E-state index is 11.8. The molecule has 118 valence electrons. The molecule has 0 saturated heterocycles. The lowest BCUT2D eigenvalue weighted by Gasteiger charge is -2.07. The molecule has 1 N–H and O–H groups in total. The van der Waals surface area contributed by atoms with Crippen molar-refractivity contribution in [1.29, 1.82) is 0 Å². The van der Waals surface area contributed by atoms with Crippen LogP contribution in [-0.4, -0.2) is 24.4 Å². The van der Waals surface area contributed by atoms with Gasteiger partial charge in [0.1, 0.15) is 0 Å². The first-order chi connectivity index (χ1) is 11.1. The van der Waals surface area contributed by atoms with Crippen LogP contribution in [0.1, 0.15) is 15.9 Å². The van der Waals surface area contributed by atoms with Crippen LogP contribution in [0.15, 0.2) is 59.1 Å². The summed E-state index contributed by atoms with van der Waals surface area (Å²) in [7, 11) is 0. The molecule has 23 heavy (non-hydrogen) atoms. The van der Waals surface area contributed by atoms with Gasteiger partial charge in [-0.15, -0.1) is 0 Å². The van der Waals surface area contributed by atoms with Gasteiger partial charge in [0, 0.05) is 4.47 Å². The van der Waals surface area contributed by atoms with E-state index in [0.717, 1.165) is 5.56 Å². The van der Waals surface area contributed by atoms with Gasteiger partial charge in [-0.05, 0) is 33.6 Å². The summed E-state index contributed by atoms with van der Waals surface area (Å²) in [6, 6.07) is 15.8. The van der Waals surface area contributed by atoms with Crippen LogP contribution in [0.2, 0.25) is 0 Å². The fourth-order valence-corrected chi connectivity index (χ4v) is 2.30. The Hall–Kier alpha value is -2.47. The summed E-state index contributed by atoms with van der Waals surface area (Å²) in [5.41, 5.74) is 1.11. The molecule has 0 heterocycles. The van der Waals surface area contributed by atoms with Crippen molar-refractivity contribution in [1.82, 2.24) is 5.32 Å². The second-order valence-electron chi connectivity index (χ2n) is 4.69. The van der Waals surface area contributed by atoms with Crippen LogP contribution in [-0.2, 0) is 20.7 Å². The molecule has 2 amide bonds. The Morgan fingerprint density at radius 3 is 2.26 bits per heavy atom. The highest BCUT2D eigenvalue weighted by molar-refractivity contribution is 9.10. The minimum atomic E-state index is -0.661. The number of hydrogen-bond donors (Lipinski definition) is 1. The first-order valence-corrected chi connectivity index (χ1v) is 7.64. The summed E-state index contributed by atoms with van der Waals surface area (Å²) >= 11 is 3.23. The van der Waals surface area contributed by atoms with Crippen LogP contribution in [0.25, 0.3) is 0 Å². The highest BCUT2D eigenvalue weighted by atomic mass is 79.9. The van der Waals surface area contributed by atoms with Crippen molar-refractivity contribution in [2.75, 3.05) is 6.61 Å². The van der Waals surface area contributed by atoms with Crippen molar-refractivity contribution in [2.45, 2.75) is 6.42 Å². The van der Waals surface area contributed by atoms with Gasteiger partial charge in [-0.25, -0.2) is 4.79 Å². The summed E-state index contributed by atoms with van der Waals surface area (Å²) in [6.45, 7) is -0.513. The van der Waals surface area contributed by atoms with Gasteiger partial charge in [0.15, 0.2) is 6.61 Å². The number of ether oxygens (including phenoxy) is 1. The standard InChI is InChI=1S/C17H14BrNO4/c18-14-9-5-4-8-13(14)17(22)23-11-16(21)19-15(20)10-12-6-2-1-3-7-12/h1-9H,10-11H2,(H,19,20,21). The first-order valence-electron chi connectivity index (χ1n) is 6.84. The number of halogens is 1. The predicted molar refractivity (Wildman–Crippen MR) is 87.7 cm³/mol. The third-order valence-electron chi connectivity index (χ3n) is 2.91. The molecular formula is C17H14BrNO4. The monoisotopic (exact) mass is 375 g/mol. The zero-order valence-corrected chi connectivity index (χ0v) is 13.7. The lowest BCUT2D eigenvalue weighted by molar-refractivity contribution is -0.132. The molecule has 2 rings (SSSR count). The largest absolute Gasteiger partial charge is 0.452 e. The Morgan fingerprint density at radius 1 is 0.913 bits per heavy atom. The molecule has 0 aliphatic heterocycles. The summed E-state index contributed by atoms with van der Waals surface area (Å²) < 4.78 is 5.46. The second-order valence-corrected chi connectivity index (χ2v) is 5.54. The summed E-state index contributed by atoms with van der Waals surface area (Å²) in [5, 5.41) is 2.18. The Kier molecular flexibility index (Phi) is 6.05. The molecule has 5 nitrogen and oxygen atoms in total. The first kappa shape index (κ1) is 16.9. The second kappa shape index (κ2) is 8.24. The molecule has 2 aromatic rings. The van der Waals surface area contributed by atoms with E-state index in [4.69, 9.17) is 4.74 Å².